The smallest absolute Gasteiger partial charge is 0.311 e. The van der Waals surface area contributed by atoms with Gasteiger partial charge in [0.05, 0.1) is 4.92 Å². The van der Waals surface area contributed by atoms with E-state index in [1.807, 2.05) is 0 Å². The fourth-order valence-corrected chi connectivity index (χ4v) is 2.30. The lowest BCUT2D eigenvalue weighted by Crippen LogP contribution is -2.34. The van der Waals surface area contributed by atoms with E-state index in [1.165, 1.54) is 6.07 Å². The van der Waals surface area contributed by atoms with E-state index in [0.717, 1.165) is 19.4 Å². The molecule has 1 amide bonds. The Morgan fingerprint density at radius 1 is 1.42 bits per heavy atom. The molecule has 3 rings (SSSR count). The van der Waals surface area contributed by atoms with Crippen LogP contribution in [0.3, 0.4) is 0 Å². The predicted octanol–water partition coefficient (Wildman–Crippen LogP) is 1.73. The fourth-order valence-electron chi connectivity index (χ4n) is 2.30. The van der Waals surface area contributed by atoms with E-state index in [4.69, 9.17) is 4.74 Å². The van der Waals surface area contributed by atoms with Gasteiger partial charge in [-0.15, -0.1) is 0 Å². The Kier molecular flexibility index (Phi) is 2.85. The number of benzene rings is 1. The second-order valence-corrected chi connectivity index (χ2v) is 5.03. The molecule has 0 radical (unpaired) electrons. The zero-order valence-corrected chi connectivity index (χ0v) is 10.4. The van der Waals surface area contributed by atoms with Crippen molar-refractivity contribution in [2.45, 2.75) is 19.4 Å². The molecule has 1 saturated carbocycles. The molecule has 2 aliphatic rings. The van der Waals surface area contributed by atoms with Gasteiger partial charge in [-0.1, -0.05) is 12.1 Å². The minimum atomic E-state index is -0.472. The Bertz CT molecular complexity index is 539. The molecule has 0 atom stereocenters. The van der Waals surface area contributed by atoms with E-state index in [9.17, 15) is 14.9 Å². The van der Waals surface area contributed by atoms with Crippen LogP contribution in [-0.2, 0) is 11.3 Å². The summed E-state index contributed by atoms with van der Waals surface area (Å²) in [5.74, 6) is 0.723. The first-order chi connectivity index (χ1) is 9.15. The van der Waals surface area contributed by atoms with Crippen molar-refractivity contribution in [3.05, 3.63) is 33.9 Å². The average molecular weight is 262 g/mol. The van der Waals surface area contributed by atoms with Crippen LogP contribution in [0.25, 0.3) is 0 Å². The van der Waals surface area contributed by atoms with Crippen LogP contribution in [0.1, 0.15) is 18.4 Å². The number of para-hydroxylation sites is 1. The van der Waals surface area contributed by atoms with Crippen molar-refractivity contribution in [1.29, 1.82) is 0 Å². The predicted molar refractivity (Wildman–Crippen MR) is 66.7 cm³/mol. The summed E-state index contributed by atoms with van der Waals surface area (Å²) in [6, 6.07) is 4.81. The normalized spacial score (nSPS) is 18.5. The first-order valence-corrected chi connectivity index (χ1v) is 6.32. The first kappa shape index (κ1) is 12.0. The average Bonchev–Trinajstić information content (AvgIpc) is 3.19. The van der Waals surface area contributed by atoms with E-state index in [2.05, 4.69) is 0 Å². The summed E-state index contributed by atoms with van der Waals surface area (Å²) in [6.45, 7) is 1.00. The third-order valence-corrected chi connectivity index (χ3v) is 3.50. The molecule has 1 aromatic carbocycles. The lowest BCUT2D eigenvalue weighted by molar-refractivity contribution is -0.385. The number of carbonyl (C=O) groups excluding carboxylic acids is 1. The van der Waals surface area contributed by atoms with Gasteiger partial charge >= 0.3 is 5.69 Å². The Morgan fingerprint density at radius 2 is 2.21 bits per heavy atom. The molecule has 0 aromatic heterocycles. The Morgan fingerprint density at radius 3 is 2.89 bits per heavy atom. The lowest BCUT2D eigenvalue weighted by Gasteiger charge is -2.19. The molecular weight excluding hydrogens is 248 g/mol. The summed E-state index contributed by atoms with van der Waals surface area (Å²) in [4.78, 5) is 24.2. The molecule has 1 aromatic rings. The summed E-state index contributed by atoms with van der Waals surface area (Å²) in [6.07, 6.45) is 2.32. The molecule has 0 unspecified atom stereocenters. The number of fused-ring (bicyclic) bond motifs is 1. The van der Waals surface area contributed by atoms with Crippen molar-refractivity contribution < 1.29 is 14.5 Å². The highest BCUT2D eigenvalue weighted by Gasteiger charge is 2.31. The minimum Gasteiger partial charge on any atom is -0.476 e. The Hall–Kier alpha value is -2.11. The van der Waals surface area contributed by atoms with Gasteiger partial charge < -0.3 is 9.64 Å². The van der Waals surface area contributed by atoms with Crippen molar-refractivity contribution >= 4 is 11.6 Å². The van der Waals surface area contributed by atoms with Crippen LogP contribution in [0.5, 0.6) is 5.75 Å². The van der Waals surface area contributed by atoms with Crippen LogP contribution in [0.15, 0.2) is 18.2 Å². The van der Waals surface area contributed by atoms with Crippen molar-refractivity contribution in [3.8, 4) is 5.75 Å². The molecule has 0 bridgehead atoms. The van der Waals surface area contributed by atoms with Crippen LogP contribution < -0.4 is 4.74 Å². The van der Waals surface area contributed by atoms with E-state index in [1.54, 1.807) is 17.0 Å². The molecule has 100 valence electrons. The maximum Gasteiger partial charge on any atom is 0.311 e. The number of hydrogen-bond acceptors (Lipinski definition) is 4. The topological polar surface area (TPSA) is 72.7 Å². The highest BCUT2D eigenvalue weighted by atomic mass is 16.6. The summed E-state index contributed by atoms with van der Waals surface area (Å²) in [5, 5.41) is 11.0. The maximum atomic E-state index is 12.0. The van der Waals surface area contributed by atoms with Gasteiger partial charge in [0.25, 0.3) is 5.91 Å². The van der Waals surface area contributed by atoms with E-state index in [-0.39, 0.29) is 24.0 Å². The second-order valence-electron chi connectivity index (χ2n) is 5.03. The highest BCUT2D eigenvalue weighted by molar-refractivity contribution is 5.79. The Balaban J connectivity index is 1.91. The quantitative estimate of drug-likeness (QED) is 0.614. The van der Waals surface area contributed by atoms with Gasteiger partial charge in [0, 0.05) is 24.7 Å². The summed E-state index contributed by atoms with van der Waals surface area (Å²) >= 11 is 0. The minimum absolute atomic E-state index is 0.0708. The number of nitro groups is 1. The van der Waals surface area contributed by atoms with Gasteiger partial charge in [-0.2, -0.15) is 0 Å². The molecule has 1 aliphatic carbocycles. The molecule has 1 heterocycles. The molecule has 0 saturated heterocycles. The fraction of sp³-hybridized carbons (Fsp3) is 0.462. The number of rotatable bonds is 3. The zero-order valence-electron chi connectivity index (χ0n) is 10.4. The molecule has 1 aliphatic heterocycles. The number of hydrogen-bond donors (Lipinski definition) is 0. The van der Waals surface area contributed by atoms with E-state index < -0.39 is 4.92 Å². The van der Waals surface area contributed by atoms with Crippen molar-refractivity contribution in [2.24, 2.45) is 5.92 Å². The van der Waals surface area contributed by atoms with Gasteiger partial charge in [0.15, 0.2) is 6.61 Å². The number of nitro benzene ring substituents is 1. The molecule has 0 spiro atoms. The summed E-state index contributed by atoms with van der Waals surface area (Å²) in [5.41, 5.74) is 0.638. The van der Waals surface area contributed by atoms with E-state index >= 15 is 0 Å². The monoisotopic (exact) mass is 262 g/mol. The van der Waals surface area contributed by atoms with Crippen LogP contribution in [0.4, 0.5) is 5.69 Å². The van der Waals surface area contributed by atoms with Gasteiger partial charge in [0.2, 0.25) is 5.75 Å². The Labute approximate surface area is 110 Å². The maximum absolute atomic E-state index is 12.0. The first-order valence-electron chi connectivity index (χ1n) is 6.32. The van der Waals surface area contributed by atoms with Gasteiger partial charge in [-0.05, 0) is 18.8 Å². The van der Waals surface area contributed by atoms with Crippen molar-refractivity contribution in [1.82, 2.24) is 4.90 Å². The van der Waals surface area contributed by atoms with Crippen molar-refractivity contribution in [3.63, 3.8) is 0 Å². The summed E-state index contributed by atoms with van der Waals surface area (Å²) in [7, 11) is 0. The number of ether oxygens (including phenoxy) is 1. The standard InChI is InChI=1S/C13H14N2O4/c16-12-8-19-13-10(2-1-3-11(13)15(17)18)7-14(12)6-9-4-5-9/h1-3,9H,4-8H2. The lowest BCUT2D eigenvalue weighted by atomic mass is 10.1. The van der Waals surface area contributed by atoms with Crippen LogP contribution in [0.2, 0.25) is 0 Å². The third kappa shape index (κ3) is 2.38. The van der Waals surface area contributed by atoms with Crippen LogP contribution >= 0.6 is 0 Å². The molecule has 0 N–H and O–H groups in total. The molecule has 1 fully saturated rings. The number of carbonyl (C=O) groups is 1. The van der Waals surface area contributed by atoms with Gasteiger partial charge in [-0.3, -0.25) is 14.9 Å². The van der Waals surface area contributed by atoms with Gasteiger partial charge in [0.1, 0.15) is 0 Å². The van der Waals surface area contributed by atoms with E-state index in [0.29, 0.717) is 18.0 Å². The second kappa shape index (κ2) is 4.53. The third-order valence-electron chi connectivity index (χ3n) is 3.50. The molecule has 6 heteroatoms. The molecule has 19 heavy (non-hydrogen) atoms. The summed E-state index contributed by atoms with van der Waals surface area (Å²) < 4.78 is 5.35. The zero-order chi connectivity index (χ0) is 13.4. The largest absolute Gasteiger partial charge is 0.476 e. The number of amides is 1. The molecular formula is C13H14N2O4. The number of nitrogens with zero attached hydrogens (tertiary/aromatic N) is 2. The van der Waals surface area contributed by atoms with Crippen LogP contribution in [-0.4, -0.2) is 28.9 Å². The van der Waals surface area contributed by atoms with Crippen molar-refractivity contribution in [2.75, 3.05) is 13.2 Å². The SMILES string of the molecule is O=C1COc2c(cccc2[N+](=O)[O-])CN1CC1CC1. The van der Waals surface area contributed by atoms with Crippen LogP contribution in [0, 0.1) is 16.0 Å². The highest BCUT2D eigenvalue weighted by Crippen LogP contribution is 2.35. The van der Waals surface area contributed by atoms with Gasteiger partial charge in [-0.25, -0.2) is 0 Å². The molecule has 6 nitrogen and oxygen atoms in total.